The van der Waals surface area contributed by atoms with Gasteiger partial charge in [0.05, 0.1) is 22.1 Å². The second-order valence-electron chi connectivity index (χ2n) is 6.26. The summed E-state index contributed by atoms with van der Waals surface area (Å²) in [5.74, 6) is -1.32. The lowest BCUT2D eigenvalue weighted by Gasteiger charge is -2.27. The van der Waals surface area contributed by atoms with Crippen molar-refractivity contribution in [2.45, 2.75) is 25.7 Å². The van der Waals surface area contributed by atoms with Gasteiger partial charge in [-0.2, -0.15) is 0 Å². The standard InChI is InChI=1S/C17H14N2O5/c1-8-6-9(2-4-12(8)19(22)23)14-15-10(3-5-13(15)20)18-11-7-24-17(21)16(11)14/h2,4,6,14-15H,3,5,7H2,1H3. The minimum Gasteiger partial charge on any atom is -0.456 e. The summed E-state index contributed by atoms with van der Waals surface area (Å²) in [5.41, 5.74) is 3.04. The number of nitrogens with zero attached hydrogens (tertiary/aromatic N) is 2. The second-order valence-corrected chi connectivity index (χ2v) is 6.26. The number of rotatable bonds is 2. The van der Waals surface area contributed by atoms with Crippen LogP contribution in [0.1, 0.15) is 29.9 Å². The van der Waals surface area contributed by atoms with Crippen LogP contribution in [-0.4, -0.2) is 29.0 Å². The van der Waals surface area contributed by atoms with Crippen LogP contribution in [0.4, 0.5) is 5.69 Å². The molecule has 0 bridgehead atoms. The Morgan fingerprint density at radius 3 is 2.75 bits per heavy atom. The summed E-state index contributed by atoms with van der Waals surface area (Å²) in [5, 5.41) is 11.0. The van der Waals surface area contributed by atoms with Crippen molar-refractivity contribution >= 4 is 23.2 Å². The van der Waals surface area contributed by atoms with Gasteiger partial charge in [0.2, 0.25) is 0 Å². The average Bonchev–Trinajstić information content (AvgIpc) is 3.09. The van der Waals surface area contributed by atoms with Crippen LogP contribution in [0, 0.1) is 23.0 Å². The Hall–Kier alpha value is -2.83. The van der Waals surface area contributed by atoms with Gasteiger partial charge in [0.1, 0.15) is 12.4 Å². The fourth-order valence-corrected chi connectivity index (χ4v) is 3.83. The number of nitro groups is 1. The Bertz CT molecular complexity index is 868. The molecule has 2 aliphatic heterocycles. The molecule has 0 spiro atoms. The van der Waals surface area contributed by atoms with E-state index in [1.165, 1.54) is 6.07 Å². The molecule has 0 amide bonds. The summed E-state index contributed by atoms with van der Waals surface area (Å²) in [4.78, 5) is 39.6. The van der Waals surface area contributed by atoms with Crippen molar-refractivity contribution in [3.05, 3.63) is 50.7 Å². The van der Waals surface area contributed by atoms with Crippen LogP contribution in [0.3, 0.4) is 0 Å². The molecule has 2 heterocycles. The molecule has 0 N–H and O–H groups in total. The van der Waals surface area contributed by atoms with Gasteiger partial charge < -0.3 is 4.74 Å². The Balaban J connectivity index is 1.87. The van der Waals surface area contributed by atoms with Gasteiger partial charge in [-0.3, -0.25) is 19.9 Å². The summed E-state index contributed by atoms with van der Waals surface area (Å²) in [6.45, 7) is 1.78. The molecular formula is C17H14N2O5. The number of esters is 1. The Morgan fingerprint density at radius 1 is 1.25 bits per heavy atom. The van der Waals surface area contributed by atoms with Crippen molar-refractivity contribution in [2.24, 2.45) is 10.9 Å². The highest BCUT2D eigenvalue weighted by Crippen LogP contribution is 2.46. The summed E-state index contributed by atoms with van der Waals surface area (Å²) in [6.07, 6.45) is 1.01. The minimum atomic E-state index is -0.463. The lowest BCUT2D eigenvalue weighted by molar-refractivity contribution is -0.385. The van der Waals surface area contributed by atoms with Crippen LogP contribution in [-0.2, 0) is 14.3 Å². The molecule has 122 valence electrons. The normalized spacial score (nSPS) is 25.3. The number of hydrogen-bond acceptors (Lipinski definition) is 6. The Kier molecular flexibility index (Phi) is 3.13. The van der Waals surface area contributed by atoms with Gasteiger partial charge in [0.25, 0.3) is 5.69 Å². The van der Waals surface area contributed by atoms with Gasteiger partial charge in [-0.1, -0.05) is 6.07 Å². The van der Waals surface area contributed by atoms with E-state index in [0.717, 1.165) is 11.3 Å². The number of fused-ring (bicyclic) bond motifs is 1. The molecule has 3 aliphatic rings. The zero-order valence-corrected chi connectivity index (χ0v) is 12.9. The minimum absolute atomic E-state index is 0.0180. The van der Waals surface area contributed by atoms with Gasteiger partial charge in [-0.25, -0.2) is 4.79 Å². The predicted octanol–water partition coefficient (Wildman–Crippen LogP) is 2.23. The first-order valence-electron chi connectivity index (χ1n) is 7.72. The van der Waals surface area contributed by atoms with Gasteiger partial charge in [-0.05, 0) is 25.0 Å². The van der Waals surface area contributed by atoms with E-state index in [-0.39, 0.29) is 18.1 Å². The quantitative estimate of drug-likeness (QED) is 0.471. The summed E-state index contributed by atoms with van der Waals surface area (Å²) in [7, 11) is 0. The molecule has 2 unspecified atom stereocenters. The molecule has 2 atom stereocenters. The molecule has 1 saturated carbocycles. The van der Waals surface area contributed by atoms with Gasteiger partial charge in [0.15, 0.2) is 0 Å². The summed E-state index contributed by atoms with van der Waals surface area (Å²) in [6, 6.07) is 4.74. The molecule has 0 radical (unpaired) electrons. The molecule has 24 heavy (non-hydrogen) atoms. The van der Waals surface area contributed by atoms with Gasteiger partial charge in [0, 0.05) is 29.7 Å². The van der Waals surface area contributed by atoms with Crippen LogP contribution in [0.25, 0.3) is 0 Å². The smallest absolute Gasteiger partial charge is 0.337 e. The van der Waals surface area contributed by atoms with Crippen LogP contribution in [0.2, 0.25) is 0 Å². The first kappa shape index (κ1) is 14.7. The SMILES string of the molecule is Cc1cc(C2C3=C(COC3=O)N=C3CCC(=O)C32)ccc1[N+](=O)[O-]. The van der Waals surface area contributed by atoms with E-state index in [1.807, 2.05) is 0 Å². The number of aliphatic imine (C=N–C) groups is 1. The molecule has 7 nitrogen and oxygen atoms in total. The van der Waals surface area contributed by atoms with Crippen LogP contribution < -0.4 is 0 Å². The van der Waals surface area contributed by atoms with Crippen molar-refractivity contribution in [1.29, 1.82) is 0 Å². The molecule has 4 rings (SSSR count). The number of Topliss-reactive ketones (excluding diaryl/α,β-unsaturated/α-hetero) is 1. The van der Waals surface area contributed by atoms with Crippen molar-refractivity contribution in [2.75, 3.05) is 6.61 Å². The van der Waals surface area contributed by atoms with Crippen molar-refractivity contribution in [3.8, 4) is 0 Å². The summed E-state index contributed by atoms with van der Waals surface area (Å²) < 4.78 is 5.10. The van der Waals surface area contributed by atoms with Gasteiger partial charge >= 0.3 is 5.97 Å². The maximum Gasteiger partial charge on any atom is 0.337 e. The van der Waals surface area contributed by atoms with E-state index in [9.17, 15) is 19.7 Å². The zero-order valence-electron chi connectivity index (χ0n) is 12.9. The largest absolute Gasteiger partial charge is 0.456 e. The van der Waals surface area contributed by atoms with Gasteiger partial charge in [-0.15, -0.1) is 0 Å². The van der Waals surface area contributed by atoms with Crippen molar-refractivity contribution in [1.82, 2.24) is 0 Å². The third-order valence-corrected chi connectivity index (χ3v) is 4.90. The number of nitro benzene ring substituents is 1. The number of ketones is 1. The fraction of sp³-hybridized carbons (Fsp3) is 0.353. The topological polar surface area (TPSA) is 98.9 Å². The third kappa shape index (κ3) is 2.01. The average molecular weight is 326 g/mol. The predicted molar refractivity (Wildman–Crippen MR) is 83.7 cm³/mol. The van der Waals surface area contributed by atoms with E-state index < -0.39 is 22.7 Å². The first-order chi connectivity index (χ1) is 11.5. The number of ether oxygens (including phenoxy) is 1. The lowest BCUT2D eigenvalue weighted by atomic mass is 9.76. The number of hydrogen-bond donors (Lipinski definition) is 0. The molecule has 1 aromatic carbocycles. The van der Waals surface area contributed by atoms with Crippen molar-refractivity contribution in [3.63, 3.8) is 0 Å². The maximum atomic E-state index is 12.4. The van der Waals surface area contributed by atoms with E-state index in [4.69, 9.17) is 4.74 Å². The molecule has 7 heteroatoms. The number of benzene rings is 1. The van der Waals surface area contributed by atoms with E-state index in [2.05, 4.69) is 4.99 Å². The Morgan fingerprint density at radius 2 is 2.04 bits per heavy atom. The molecule has 0 saturated heterocycles. The second kappa shape index (κ2) is 5.09. The lowest BCUT2D eigenvalue weighted by Crippen LogP contribution is -2.30. The van der Waals surface area contributed by atoms with E-state index in [0.29, 0.717) is 29.7 Å². The van der Waals surface area contributed by atoms with Crippen LogP contribution >= 0.6 is 0 Å². The molecular weight excluding hydrogens is 312 g/mol. The Labute approximate surface area is 137 Å². The fourth-order valence-electron chi connectivity index (χ4n) is 3.83. The monoisotopic (exact) mass is 326 g/mol. The molecule has 1 fully saturated rings. The summed E-state index contributed by atoms with van der Waals surface area (Å²) >= 11 is 0. The molecule has 1 aliphatic carbocycles. The third-order valence-electron chi connectivity index (χ3n) is 4.90. The highest BCUT2D eigenvalue weighted by Gasteiger charge is 2.47. The van der Waals surface area contributed by atoms with Crippen molar-refractivity contribution < 1.29 is 19.2 Å². The number of carbonyl (C=O) groups is 2. The zero-order chi connectivity index (χ0) is 17.0. The first-order valence-corrected chi connectivity index (χ1v) is 7.72. The van der Waals surface area contributed by atoms with Crippen LogP contribution in [0.5, 0.6) is 0 Å². The van der Waals surface area contributed by atoms with Crippen LogP contribution in [0.15, 0.2) is 34.5 Å². The van der Waals surface area contributed by atoms with E-state index >= 15 is 0 Å². The molecule has 0 aromatic heterocycles. The number of aryl methyl sites for hydroxylation is 1. The molecule has 1 aromatic rings. The highest BCUT2D eigenvalue weighted by atomic mass is 16.6. The maximum absolute atomic E-state index is 12.4. The highest BCUT2D eigenvalue weighted by molar-refractivity contribution is 6.15. The number of carbonyl (C=O) groups excluding carboxylic acids is 2. The number of cyclic esters (lactones) is 1. The van der Waals surface area contributed by atoms with E-state index in [1.54, 1.807) is 19.1 Å².